The summed E-state index contributed by atoms with van der Waals surface area (Å²) in [6.45, 7) is 1.90. The Kier molecular flexibility index (Phi) is 6.18. The Balaban J connectivity index is 1.31. The van der Waals surface area contributed by atoms with Crippen molar-refractivity contribution in [2.24, 2.45) is 0 Å². The lowest BCUT2D eigenvalue weighted by Crippen LogP contribution is -2.14. The molecule has 0 radical (unpaired) electrons. The third-order valence-electron chi connectivity index (χ3n) is 5.46. The van der Waals surface area contributed by atoms with Gasteiger partial charge in [0, 0.05) is 12.0 Å². The number of anilines is 1. The topological polar surface area (TPSA) is 102 Å². The molecule has 1 aliphatic carbocycles. The zero-order valence-electron chi connectivity index (χ0n) is 17.4. The molecule has 0 aliphatic heterocycles. The Bertz CT molecular complexity index is 1180. The Morgan fingerprint density at radius 3 is 2.55 bits per heavy atom. The van der Waals surface area contributed by atoms with E-state index in [0.717, 1.165) is 24.0 Å². The van der Waals surface area contributed by atoms with Crippen LogP contribution < -0.4 is 5.32 Å². The van der Waals surface area contributed by atoms with Gasteiger partial charge in [-0.15, -0.1) is 5.10 Å². The van der Waals surface area contributed by atoms with Crippen LogP contribution in [0.3, 0.4) is 0 Å². The van der Waals surface area contributed by atoms with Crippen LogP contribution in [0.5, 0.6) is 0 Å². The molecular weight excluding hydrogens is 414 g/mol. The monoisotopic (exact) mass is 439 g/mol. The number of fused-ring (bicyclic) bond motifs is 1. The summed E-state index contributed by atoms with van der Waals surface area (Å²) in [6, 6.07) is 12.8. The molecule has 0 fully saturated rings. The molecule has 4 rings (SSSR count). The number of hydrogen-bond donors (Lipinski definition) is 1. The van der Waals surface area contributed by atoms with Crippen LogP contribution in [0.1, 0.15) is 42.4 Å². The van der Waals surface area contributed by atoms with Crippen molar-refractivity contribution in [1.82, 2.24) is 10.2 Å². The van der Waals surface area contributed by atoms with Gasteiger partial charge in [-0.1, -0.05) is 28.9 Å². The first kappa shape index (κ1) is 21.2. The van der Waals surface area contributed by atoms with E-state index in [4.69, 9.17) is 4.42 Å². The fourth-order valence-corrected chi connectivity index (χ4v) is 5.04. The lowest BCUT2D eigenvalue weighted by Gasteiger charge is -2.15. The normalized spacial score (nSPS) is 13.6. The van der Waals surface area contributed by atoms with Gasteiger partial charge in [-0.05, 0) is 74.4 Å². The van der Waals surface area contributed by atoms with Crippen LogP contribution in [0.15, 0.2) is 51.8 Å². The third kappa shape index (κ3) is 5.19. The number of nitrogens with zero attached hydrogens (tertiary/aromatic N) is 2. The average molecular weight is 440 g/mol. The van der Waals surface area contributed by atoms with Crippen LogP contribution in [0.4, 0.5) is 6.01 Å². The largest absolute Gasteiger partial charge is 0.403 e. The Hall–Kier alpha value is -3.00. The third-order valence-corrected chi connectivity index (χ3v) is 7.28. The predicted octanol–water partition coefficient (Wildman–Crippen LogP) is 4.12. The van der Waals surface area contributed by atoms with Crippen LogP contribution in [-0.2, 0) is 27.5 Å². The first-order chi connectivity index (χ1) is 14.9. The highest BCUT2D eigenvalue weighted by Crippen LogP contribution is 2.27. The van der Waals surface area contributed by atoms with E-state index in [-0.39, 0.29) is 35.4 Å². The van der Waals surface area contributed by atoms with Crippen molar-refractivity contribution in [1.29, 1.82) is 0 Å². The average Bonchev–Trinajstić information content (AvgIpc) is 3.22. The van der Waals surface area contributed by atoms with E-state index in [2.05, 4.69) is 27.6 Å². The van der Waals surface area contributed by atoms with E-state index in [0.29, 0.717) is 5.89 Å². The van der Waals surface area contributed by atoms with Crippen LogP contribution >= 0.6 is 0 Å². The number of rotatable bonds is 7. The number of carbonyl (C=O) groups excluding carboxylic acids is 1. The van der Waals surface area contributed by atoms with Crippen molar-refractivity contribution >= 4 is 21.8 Å². The molecule has 1 amide bonds. The Morgan fingerprint density at radius 1 is 1.03 bits per heavy atom. The van der Waals surface area contributed by atoms with E-state index >= 15 is 0 Å². The second kappa shape index (κ2) is 9.01. The van der Waals surface area contributed by atoms with Gasteiger partial charge in [0.05, 0.1) is 10.6 Å². The lowest BCUT2D eigenvalue weighted by molar-refractivity contribution is -0.116. The van der Waals surface area contributed by atoms with Gasteiger partial charge in [0.1, 0.15) is 0 Å². The molecule has 0 saturated heterocycles. The number of hydrogen-bond acceptors (Lipinski definition) is 6. The van der Waals surface area contributed by atoms with Crippen molar-refractivity contribution < 1.29 is 17.6 Å². The van der Waals surface area contributed by atoms with Crippen LogP contribution in [0.25, 0.3) is 11.5 Å². The highest BCUT2D eigenvalue weighted by atomic mass is 32.2. The van der Waals surface area contributed by atoms with Gasteiger partial charge in [0.25, 0.3) is 0 Å². The predicted molar refractivity (Wildman–Crippen MR) is 117 cm³/mol. The van der Waals surface area contributed by atoms with Crippen molar-refractivity contribution in [3.63, 3.8) is 0 Å². The number of aryl methyl sites for hydroxylation is 3. The van der Waals surface area contributed by atoms with E-state index in [9.17, 15) is 13.2 Å². The minimum absolute atomic E-state index is 0.0131. The highest BCUT2D eigenvalue weighted by molar-refractivity contribution is 7.91. The SMILES string of the molecule is Cc1ccc(S(=O)(=O)CCCC(=O)Nc2nnc(-c3ccc4c(c3)CCCC4)o2)cc1. The minimum Gasteiger partial charge on any atom is -0.403 e. The first-order valence-electron chi connectivity index (χ1n) is 10.5. The number of sulfone groups is 1. The summed E-state index contributed by atoms with van der Waals surface area (Å²) in [5, 5.41) is 10.5. The number of nitrogens with one attached hydrogen (secondary N) is 1. The van der Waals surface area contributed by atoms with Gasteiger partial charge in [-0.2, -0.15) is 0 Å². The quantitative estimate of drug-likeness (QED) is 0.594. The maximum absolute atomic E-state index is 12.4. The van der Waals surface area contributed by atoms with Crippen molar-refractivity contribution in [3.05, 3.63) is 59.2 Å². The fraction of sp³-hybridized carbons (Fsp3) is 0.348. The van der Waals surface area contributed by atoms with Crippen LogP contribution in [-0.4, -0.2) is 30.3 Å². The van der Waals surface area contributed by atoms with E-state index < -0.39 is 9.84 Å². The van der Waals surface area contributed by atoms with E-state index in [1.807, 2.05) is 13.0 Å². The molecule has 8 heteroatoms. The number of carbonyl (C=O) groups is 1. The molecular formula is C23H25N3O4S. The van der Waals surface area contributed by atoms with Gasteiger partial charge in [0.2, 0.25) is 11.8 Å². The van der Waals surface area contributed by atoms with Gasteiger partial charge >= 0.3 is 6.01 Å². The second-order valence-electron chi connectivity index (χ2n) is 7.89. The molecule has 0 bridgehead atoms. The molecule has 7 nitrogen and oxygen atoms in total. The molecule has 1 N–H and O–H groups in total. The maximum atomic E-state index is 12.4. The molecule has 1 heterocycles. The van der Waals surface area contributed by atoms with E-state index in [1.54, 1.807) is 24.3 Å². The van der Waals surface area contributed by atoms with E-state index in [1.165, 1.54) is 24.0 Å². The molecule has 1 aromatic heterocycles. The molecule has 1 aliphatic rings. The van der Waals surface area contributed by atoms with Gasteiger partial charge in [0.15, 0.2) is 9.84 Å². The number of amides is 1. The molecule has 0 unspecified atom stereocenters. The lowest BCUT2D eigenvalue weighted by atomic mass is 9.90. The molecule has 0 spiro atoms. The van der Waals surface area contributed by atoms with Gasteiger partial charge in [-0.3, -0.25) is 10.1 Å². The maximum Gasteiger partial charge on any atom is 0.322 e. The Morgan fingerprint density at radius 2 is 1.77 bits per heavy atom. The van der Waals surface area contributed by atoms with Gasteiger partial charge < -0.3 is 4.42 Å². The Labute approximate surface area is 181 Å². The zero-order chi connectivity index (χ0) is 21.8. The molecule has 162 valence electrons. The number of aromatic nitrogens is 2. The van der Waals surface area contributed by atoms with Crippen LogP contribution in [0, 0.1) is 6.92 Å². The summed E-state index contributed by atoms with van der Waals surface area (Å²) in [5.41, 5.74) is 4.50. The van der Waals surface area contributed by atoms with Crippen LogP contribution in [0.2, 0.25) is 0 Å². The number of benzene rings is 2. The summed E-state index contributed by atoms with van der Waals surface area (Å²) in [6.07, 6.45) is 4.79. The van der Waals surface area contributed by atoms with Gasteiger partial charge in [-0.25, -0.2) is 8.42 Å². The second-order valence-corrected chi connectivity index (χ2v) is 10.00. The molecule has 3 aromatic rings. The summed E-state index contributed by atoms with van der Waals surface area (Å²) in [7, 11) is -3.42. The molecule has 0 atom stereocenters. The summed E-state index contributed by atoms with van der Waals surface area (Å²) in [4.78, 5) is 12.5. The summed E-state index contributed by atoms with van der Waals surface area (Å²) < 4.78 is 30.3. The molecule has 0 saturated carbocycles. The fourth-order valence-electron chi connectivity index (χ4n) is 3.72. The standard InChI is InChI=1S/C23H25N3O4S/c1-16-8-12-20(13-9-16)31(28,29)14-4-7-21(27)24-23-26-25-22(30-23)19-11-10-17-5-2-3-6-18(17)15-19/h8-13,15H,2-7,14H2,1H3,(H,24,26,27). The summed E-state index contributed by atoms with van der Waals surface area (Å²) in [5.74, 6) is -0.112. The first-order valence-corrected chi connectivity index (χ1v) is 12.1. The summed E-state index contributed by atoms with van der Waals surface area (Å²) >= 11 is 0. The molecule has 2 aromatic carbocycles. The van der Waals surface area contributed by atoms with Crippen molar-refractivity contribution in [2.75, 3.05) is 11.1 Å². The minimum atomic E-state index is -3.42. The highest BCUT2D eigenvalue weighted by Gasteiger charge is 2.17. The zero-order valence-corrected chi connectivity index (χ0v) is 18.2. The molecule has 31 heavy (non-hydrogen) atoms. The van der Waals surface area contributed by atoms with Crippen molar-refractivity contribution in [3.8, 4) is 11.5 Å². The smallest absolute Gasteiger partial charge is 0.322 e. The van der Waals surface area contributed by atoms with Crippen molar-refractivity contribution in [2.45, 2.75) is 50.3 Å².